The van der Waals surface area contributed by atoms with Crippen molar-refractivity contribution in [2.75, 3.05) is 38.3 Å². The van der Waals surface area contributed by atoms with Crippen LogP contribution in [0.25, 0.3) is 0 Å². The molecule has 23 N–H and O–H groups in total. The lowest BCUT2D eigenvalue weighted by atomic mass is 10.0. The summed E-state index contributed by atoms with van der Waals surface area (Å²) < 4.78 is 0. The number of aromatic nitrogens is 4. The third-order valence-electron chi connectivity index (χ3n) is 11.6. The van der Waals surface area contributed by atoms with Crippen molar-refractivity contribution in [1.82, 2.24) is 62.5 Å². The summed E-state index contributed by atoms with van der Waals surface area (Å²) in [6, 6.07) is -13.0. The van der Waals surface area contributed by atoms with E-state index in [0.29, 0.717) is 24.2 Å². The highest BCUT2D eigenvalue weighted by Crippen LogP contribution is 2.12. The summed E-state index contributed by atoms with van der Waals surface area (Å²) in [5.74, 6) is -9.82. The van der Waals surface area contributed by atoms with Gasteiger partial charge in [0, 0.05) is 49.6 Å². The minimum Gasteiger partial charge on any atom is -0.480 e. The number of carboxylic acid groups (broad SMARTS) is 1. The average molecular weight is 1120 g/mol. The fourth-order valence-corrected chi connectivity index (χ4v) is 7.87. The number of rotatable bonds is 39. The normalized spacial score (nSPS) is 14.6. The van der Waals surface area contributed by atoms with Gasteiger partial charge in [0.2, 0.25) is 53.2 Å². The van der Waals surface area contributed by atoms with Crippen LogP contribution in [0, 0.1) is 5.92 Å². The van der Waals surface area contributed by atoms with E-state index in [-0.39, 0.29) is 82.1 Å². The standard InChI is InChI=1S/C46H78N18O13S/c1-24(2)15-32(62-42(73)33(16-25-18-52-22-55-25)61-37(68)27(48)20-65)41(72)58-29(9-10-36(49)67)39(70)59-30(11-14-78-3)40(71)63-34(17-26-19-53-23-56-26)43(74)64-35(21-66)44(75)57-28(8-6-13-54-46(50)51)38(69)60-31(45(76)77)7-4-5-12-47/h18-19,22-24,27-35,65-66H,4-17,20-21,47-48H2,1-3H3,(H2,49,67)(H,52,55)(H,53,56)(H,57,75)(H,58,72)(H,59,70)(H,60,69)(H,61,68)(H,62,73)(H,63,71)(H,64,74)(H,76,77)(H4,50,51,54)/t27-,28-,29-,30-,31-,32-,33-,34-,35-/m0/s1. The summed E-state index contributed by atoms with van der Waals surface area (Å²) in [6.07, 6.45) is 6.80. The van der Waals surface area contributed by atoms with Gasteiger partial charge in [-0.05, 0) is 75.8 Å². The van der Waals surface area contributed by atoms with Crippen LogP contribution in [0.15, 0.2) is 30.0 Å². The largest absolute Gasteiger partial charge is 0.480 e. The zero-order valence-electron chi connectivity index (χ0n) is 44.0. The van der Waals surface area contributed by atoms with Gasteiger partial charge in [0.25, 0.3) is 0 Å². The molecule has 0 bridgehead atoms. The van der Waals surface area contributed by atoms with Crippen LogP contribution in [0.3, 0.4) is 0 Å². The number of aromatic amines is 2. The summed E-state index contributed by atoms with van der Waals surface area (Å²) in [4.78, 5) is 152. The molecule has 0 aliphatic carbocycles. The van der Waals surface area contributed by atoms with Crippen LogP contribution in [0.4, 0.5) is 0 Å². The predicted octanol–water partition coefficient (Wildman–Crippen LogP) is -6.56. The molecule has 2 rings (SSSR count). The maximum absolute atomic E-state index is 14.2. The third kappa shape index (κ3) is 25.2. The van der Waals surface area contributed by atoms with Gasteiger partial charge in [0.1, 0.15) is 54.4 Å². The number of nitrogens with zero attached hydrogens (tertiary/aromatic N) is 3. The van der Waals surface area contributed by atoms with Crippen LogP contribution in [-0.2, 0) is 60.8 Å². The summed E-state index contributed by atoms with van der Waals surface area (Å²) in [5.41, 5.74) is 28.2. The van der Waals surface area contributed by atoms with Gasteiger partial charge in [0.05, 0.1) is 25.9 Å². The molecule has 9 atom stereocenters. The molecule has 0 aliphatic rings. The summed E-state index contributed by atoms with van der Waals surface area (Å²) in [7, 11) is 0. The SMILES string of the molecule is CSCC[C@H](NC(=O)[C@H](CCC(N)=O)NC(=O)[C@H](CC(C)C)NC(=O)[C@H](Cc1cnc[nH]1)NC(=O)[C@@H](N)CO)C(=O)N[C@@H](Cc1cnc[nH]1)C(=O)N[C@@H](CO)C(=O)N[C@@H](CCCN=C(N)N)C(=O)N[C@@H](CCCCN)C(=O)O. The number of nitrogens with one attached hydrogen (secondary N) is 10. The lowest BCUT2D eigenvalue weighted by molar-refractivity contribution is -0.142. The maximum atomic E-state index is 14.2. The number of aliphatic imine (C=N–C) groups is 1. The zero-order chi connectivity index (χ0) is 58.3. The van der Waals surface area contributed by atoms with Crippen LogP contribution in [0.2, 0.25) is 0 Å². The van der Waals surface area contributed by atoms with E-state index in [1.54, 1.807) is 20.1 Å². The second-order valence-corrected chi connectivity index (χ2v) is 19.5. The van der Waals surface area contributed by atoms with Gasteiger partial charge in [-0.15, -0.1) is 0 Å². The second-order valence-electron chi connectivity index (χ2n) is 18.5. The van der Waals surface area contributed by atoms with E-state index in [1.165, 1.54) is 36.8 Å². The molecule has 0 saturated carbocycles. The van der Waals surface area contributed by atoms with Gasteiger partial charge in [-0.3, -0.25) is 48.1 Å². The number of thioether (sulfide) groups is 1. The minimum atomic E-state index is -1.75. The molecule has 2 aromatic heterocycles. The predicted molar refractivity (Wildman–Crippen MR) is 284 cm³/mol. The molecular weight excluding hydrogens is 1040 g/mol. The molecule has 32 heteroatoms. The zero-order valence-corrected chi connectivity index (χ0v) is 44.8. The molecular formula is C46H78N18O13S. The lowest BCUT2D eigenvalue weighted by Gasteiger charge is -2.28. The van der Waals surface area contributed by atoms with E-state index in [1.807, 2.05) is 0 Å². The molecule has 0 fully saturated rings. The van der Waals surface area contributed by atoms with Crippen LogP contribution >= 0.6 is 11.8 Å². The Morgan fingerprint density at radius 3 is 1.47 bits per heavy atom. The van der Waals surface area contributed by atoms with Crippen LogP contribution < -0.4 is 71.2 Å². The van der Waals surface area contributed by atoms with E-state index >= 15 is 0 Å². The highest BCUT2D eigenvalue weighted by atomic mass is 32.2. The highest BCUT2D eigenvalue weighted by Gasteiger charge is 2.35. The van der Waals surface area contributed by atoms with Crippen molar-refractivity contribution in [3.63, 3.8) is 0 Å². The molecule has 0 spiro atoms. The third-order valence-corrected chi connectivity index (χ3v) is 12.3. The molecule has 2 aromatic rings. The number of hydrogen-bond donors (Lipinski definition) is 18. The Hall–Kier alpha value is -7.42. The number of hydrogen-bond acceptors (Lipinski definition) is 18. The summed E-state index contributed by atoms with van der Waals surface area (Å²) in [6.45, 7) is 2.08. The number of carbonyl (C=O) groups excluding carboxylic acids is 9. The Morgan fingerprint density at radius 1 is 0.590 bits per heavy atom. The highest BCUT2D eigenvalue weighted by molar-refractivity contribution is 7.98. The van der Waals surface area contributed by atoms with Crippen molar-refractivity contribution in [3.05, 3.63) is 36.4 Å². The first kappa shape index (κ1) is 66.7. The van der Waals surface area contributed by atoms with Crippen LogP contribution in [-0.4, -0.2) is 193 Å². The van der Waals surface area contributed by atoms with E-state index in [9.17, 15) is 63.3 Å². The first-order valence-corrected chi connectivity index (χ1v) is 26.5. The van der Waals surface area contributed by atoms with E-state index < -0.39 is 133 Å². The van der Waals surface area contributed by atoms with Gasteiger partial charge < -0.3 is 96.5 Å². The monoisotopic (exact) mass is 1120 g/mol. The number of amides is 9. The Morgan fingerprint density at radius 2 is 1.03 bits per heavy atom. The van der Waals surface area contributed by atoms with Gasteiger partial charge in [-0.1, -0.05) is 13.8 Å². The van der Waals surface area contributed by atoms with Crippen molar-refractivity contribution in [1.29, 1.82) is 0 Å². The van der Waals surface area contributed by atoms with Crippen molar-refractivity contribution in [2.24, 2.45) is 39.6 Å². The number of imidazole rings is 2. The molecule has 0 radical (unpaired) electrons. The van der Waals surface area contributed by atoms with E-state index in [0.717, 1.165) is 0 Å². The van der Waals surface area contributed by atoms with E-state index in [4.69, 9.17) is 28.7 Å². The number of carboxylic acids is 1. The number of H-pyrrole nitrogens is 2. The van der Waals surface area contributed by atoms with Crippen LogP contribution in [0.5, 0.6) is 0 Å². The lowest BCUT2D eigenvalue weighted by Crippen LogP contribution is -2.61. The van der Waals surface area contributed by atoms with Crippen molar-refractivity contribution < 1.29 is 63.3 Å². The number of nitrogens with two attached hydrogens (primary N) is 5. The molecule has 0 aliphatic heterocycles. The Kier molecular flexibility index (Phi) is 30.6. The summed E-state index contributed by atoms with van der Waals surface area (Å²) >= 11 is 1.30. The first-order chi connectivity index (χ1) is 37.0. The minimum absolute atomic E-state index is 0.0136. The summed E-state index contributed by atoms with van der Waals surface area (Å²) in [5, 5.41) is 49.6. The quantitative estimate of drug-likeness (QED) is 0.0168. The Balaban J connectivity index is 2.42. The Bertz CT molecular complexity index is 2270. The number of primary amides is 1. The smallest absolute Gasteiger partial charge is 0.326 e. The Labute approximate surface area is 454 Å². The topological polar surface area (TPSA) is 527 Å². The maximum Gasteiger partial charge on any atom is 0.326 e. The molecule has 9 amide bonds. The number of aliphatic hydroxyl groups is 2. The number of aliphatic hydroxyl groups excluding tert-OH is 2. The number of aliphatic carboxylic acids is 1. The molecule has 2 heterocycles. The number of carbonyl (C=O) groups is 10. The number of guanidine groups is 1. The van der Waals surface area contributed by atoms with Crippen molar-refractivity contribution >= 4 is 76.9 Å². The van der Waals surface area contributed by atoms with E-state index in [2.05, 4.69) is 67.5 Å². The van der Waals surface area contributed by atoms with Crippen LogP contribution in [0.1, 0.15) is 83.0 Å². The van der Waals surface area contributed by atoms with Gasteiger partial charge in [-0.2, -0.15) is 11.8 Å². The van der Waals surface area contributed by atoms with Crippen molar-refractivity contribution in [3.8, 4) is 0 Å². The molecule has 436 valence electrons. The average Bonchev–Trinajstić information content (AvgIpc) is 4.12. The van der Waals surface area contributed by atoms with Gasteiger partial charge in [0.15, 0.2) is 5.96 Å². The molecule has 0 unspecified atom stereocenters. The molecule has 78 heavy (non-hydrogen) atoms. The fourth-order valence-electron chi connectivity index (χ4n) is 7.40. The number of unbranched alkanes of at least 4 members (excludes halogenated alkanes) is 1. The molecule has 0 aromatic carbocycles. The fraction of sp³-hybridized carbons (Fsp3) is 0.630. The second kappa shape index (κ2) is 35.8. The van der Waals surface area contributed by atoms with Gasteiger partial charge >= 0.3 is 5.97 Å². The molecule has 31 nitrogen and oxygen atoms in total. The first-order valence-electron chi connectivity index (χ1n) is 25.1. The molecule has 0 saturated heterocycles. The van der Waals surface area contributed by atoms with Crippen molar-refractivity contribution in [2.45, 2.75) is 139 Å². The van der Waals surface area contributed by atoms with Gasteiger partial charge in [-0.25, -0.2) is 14.8 Å².